The first-order chi connectivity index (χ1) is 44.3. The van der Waals surface area contributed by atoms with Gasteiger partial charge in [0.15, 0.2) is 17.9 Å². The number of nitrogens with one attached hydrogen (secondary N) is 9. The third kappa shape index (κ3) is 28.4. The van der Waals surface area contributed by atoms with Crippen molar-refractivity contribution in [3.05, 3.63) is 65.7 Å². The van der Waals surface area contributed by atoms with Gasteiger partial charge in [0, 0.05) is 43.1 Å². The first-order valence-electron chi connectivity index (χ1n) is 30.7. The second kappa shape index (κ2) is 40.1. The van der Waals surface area contributed by atoms with Gasteiger partial charge in [-0.3, -0.25) is 67.7 Å². The van der Waals surface area contributed by atoms with Crippen LogP contribution in [-0.2, 0) is 65.6 Å². The number of hydrogen-bond donors (Lipinski definition) is 20. The van der Waals surface area contributed by atoms with E-state index < -0.39 is 143 Å². The molecule has 0 aromatic heterocycles. The average Bonchev–Trinajstić information content (AvgIpc) is 1.59. The molecule has 520 valence electrons. The van der Waals surface area contributed by atoms with Gasteiger partial charge in [-0.1, -0.05) is 62.7 Å². The highest BCUT2D eigenvalue weighted by Crippen LogP contribution is 2.23. The van der Waals surface area contributed by atoms with Gasteiger partial charge in [-0.05, 0) is 101 Å². The van der Waals surface area contributed by atoms with Crippen molar-refractivity contribution in [1.82, 2.24) is 52.8 Å². The maximum absolute atomic E-state index is 14.7. The van der Waals surface area contributed by atoms with Gasteiger partial charge in [-0.25, -0.2) is 0 Å². The predicted octanol–water partition coefficient (Wildman–Crippen LogP) is -5.55. The van der Waals surface area contributed by atoms with E-state index >= 15 is 0 Å². The highest BCUT2D eigenvalue weighted by atomic mass is 32.1. The molecule has 11 amide bonds. The van der Waals surface area contributed by atoms with E-state index in [0.717, 1.165) is 0 Å². The molecule has 1 aliphatic rings. The molecule has 10 atom stereocenters. The minimum Gasteiger partial charge on any atom is -0.508 e. The number of aliphatic imine (C=N–C) groups is 3. The maximum Gasteiger partial charge on any atom is 0.245 e. The zero-order valence-corrected chi connectivity index (χ0v) is 55.2. The van der Waals surface area contributed by atoms with Crippen LogP contribution in [0.25, 0.3) is 0 Å². The number of carbonyl (C=O) groups excluding carboxylic acids is 11. The Morgan fingerprint density at radius 1 is 0.596 bits per heavy atom. The molecule has 0 bridgehead atoms. The number of benzene rings is 2. The second-order valence-corrected chi connectivity index (χ2v) is 24.6. The molecular formula is C59H95N21O12S2. The molecule has 0 aliphatic carbocycles. The van der Waals surface area contributed by atoms with Crippen molar-refractivity contribution in [2.75, 3.05) is 45.0 Å². The highest BCUT2D eigenvalue weighted by Gasteiger charge is 2.42. The number of aromatic hydroxyl groups is 1. The van der Waals surface area contributed by atoms with Gasteiger partial charge in [0.1, 0.15) is 54.1 Å². The molecule has 1 aliphatic heterocycles. The second-order valence-electron chi connectivity index (χ2n) is 23.1. The quantitative estimate of drug-likeness (QED) is 0.0128. The normalized spacial score (nSPS) is 15.6. The smallest absolute Gasteiger partial charge is 0.245 e. The third-order valence-corrected chi connectivity index (χ3v) is 15.6. The minimum absolute atomic E-state index is 0.00577. The number of rotatable bonds is 40. The number of hydrogen-bond acceptors (Lipinski definition) is 18. The molecule has 0 saturated carbocycles. The average molecular weight is 1350 g/mol. The lowest BCUT2D eigenvalue weighted by Gasteiger charge is -2.33. The Kier molecular flexibility index (Phi) is 33.7. The van der Waals surface area contributed by atoms with Gasteiger partial charge >= 0.3 is 0 Å². The van der Waals surface area contributed by atoms with Crippen LogP contribution in [0.3, 0.4) is 0 Å². The van der Waals surface area contributed by atoms with E-state index in [9.17, 15) is 57.8 Å². The van der Waals surface area contributed by atoms with E-state index in [4.69, 9.17) is 45.9 Å². The Hall–Kier alpha value is -9.12. The Labute approximate surface area is 557 Å². The molecular weight excluding hydrogens is 1260 g/mol. The largest absolute Gasteiger partial charge is 0.508 e. The standard InChI is InChI=1S/C59H95N21O12S2/c1-5-32(2)45(54(91)76-39(17-11-25-70-58(66)67)55(92)80-26-12-18-42(80)53(90)79-46(47(61)84)59(3,4)94)78-50(87)38(16-10-24-69-57(64)65)74-49(86)37(15-9-23-68-56(62)63)75-52(89)41(31-93)77-51(88)40(28-33-13-7-6-8-14-33)73-44(83)30-71-43(82)29-72-48(85)36(60)27-34-19-21-35(81)22-20-34/h6-8,13-14,19-22,32,36-42,45-46,81,93-94H,5,9-12,15-18,23-31,60H2,1-4H3,(H2,61,84)(H,71,82)(H,72,85)(H,73,83)(H,74,86)(H,75,89)(H,76,91)(H,77,88)(H,78,87)(H,79,90)(H4,62,63,68)(H4,64,65,69)(H4,66,67,70)/t32-,36-,37-,38-,39-,40-,41-,42-,45-,46+/m0/s1. The number of nitrogens with two attached hydrogens (primary N) is 8. The van der Waals surface area contributed by atoms with Gasteiger partial charge < -0.3 is 104 Å². The molecule has 26 N–H and O–H groups in total. The zero-order chi connectivity index (χ0) is 70.2. The summed E-state index contributed by atoms with van der Waals surface area (Å²) < 4.78 is -1.07. The zero-order valence-electron chi connectivity index (χ0n) is 53.4. The molecule has 0 radical (unpaired) electrons. The van der Waals surface area contributed by atoms with Crippen molar-refractivity contribution in [2.45, 2.75) is 157 Å². The molecule has 1 fully saturated rings. The van der Waals surface area contributed by atoms with Crippen LogP contribution in [0.4, 0.5) is 0 Å². The lowest BCUT2D eigenvalue weighted by molar-refractivity contribution is -0.143. The topological polar surface area (TPSA) is 565 Å². The van der Waals surface area contributed by atoms with Gasteiger partial charge in [0.05, 0.1) is 19.1 Å². The number of phenols is 1. The molecule has 35 heteroatoms. The molecule has 1 saturated heterocycles. The third-order valence-electron chi connectivity index (χ3n) is 15.0. The van der Waals surface area contributed by atoms with Crippen molar-refractivity contribution >= 4 is 108 Å². The van der Waals surface area contributed by atoms with Crippen LogP contribution in [0.15, 0.2) is 69.6 Å². The van der Waals surface area contributed by atoms with Gasteiger partial charge in [0.2, 0.25) is 65.0 Å². The molecule has 3 rings (SSSR count). The summed E-state index contributed by atoms with van der Waals surface area (Å²) in [7, 11) is 0. The van der Waals surface area contributed by atoms with E-state index in [-0.39, 0.29) is 113 Å². The van der Waals surface area contributed by atoms with Gasteiger partial charge in [-0.2, -0.15) is 25.3 Å². The summed E-state index contributed by atoms with van der Waals surface area (Å²) in [4.78, 5) is 165. The molecule has 2 aromatic rings. The number of carbonyl (C=O) groups is 11. The Morgan fingerprint density at radius 3 is 1.59 bits per heavy atom. The number of thiol groups is 2. The molecule has 0 unspecified atom stereocenters. The van der Waals surface area contributed by atoms with Crippen LogP contribution in [0.2, 0.25) is 0 Å². The van der Waals surface area contributed by atoms with Crippen LogP contribution in [0.1, 0.15) is 96.6 Å². The van der Waals surface area contributed by atoms with E-state index in [2.05, 4.69) is 88.1 Å². The first-order valence-corrected chi connectivity index (χ1v) is 31.8. The molecule has 2 aromatic carbocycles. The van der Waals surface area contributed by atoms with Crippen molar-refractivity contribution in [2.24, 2.45) is 66.8 Å². The molecule has 33 nitrogen and oxygen atoms in total. The number of phenolic OH excluding ortho intramolecular Hbond substituents is 1. The number of primary amides is 1. The van der Waals surface area contributed by atoms with Gasteiger partial charge in [0.25, 0.3) is 0 Å². The van der Waals surface area contributed by atoms with E-state index in [0.29, 0.717) is 24.0 Å². The fourth-order valence-electron chi connectivity index (χ4n) is 9.69. The SMILES string of the molecule is CC[C@H](C)[C@H](NC(=O)[C@H](CCCN=C(N)N)NC(=O)[C@H](CCCN=C(N)N)NC(=O)[C@H](CS)NC(=O)[C@H](Cc1ccccc1)NC(=O)CNC(=O)CNC(=O)[C@@H](N)Cc1ccc(O)cc1)C(=O)N[C@@H](CCCN=C(N)N)C(=O)N1CCC[C@H]1C(=O)N[C@H](C(N)=O)C(C)(C)S. The summed E-state index contributed by atoms with van der Waals surface area (Å²) in [5, 5.41) is 32.9. The Bertz CT molecular complexity index is 2980. The number of nitrogens with zero attached hydrogens (tertiary/aromatic N) is 4. The number of amides is 11. The van der Waals surface area contributed by atoms with Crippen molar-refractivity contribution < 1.29 is 57.8 Å². The Morgan fingerprint density at radius 2 is 1.07 bits per heavy atom. The van der Waals surface area contributed by atoms with Crippen molar-refractivity contribution in [1.29, 1.82) is 0 Å². The summed E-state index contributed by atoms with van der Waals surface area (Å²) >= 11 is 8.76. The summed E-state index contributed by atoms with van der Waals surface area (Å²) in [6, 6.07) is 2.90. The molecule has 1 heterocycles. The minimum atomic E-state index is -1.47. The number of likely N-dealkylation sites (tertiary alicyclic amines) is 1. The van der Waals surface area contributed by atoms with Crippen LogP contribution in [0.5, 0.6) is 5.75 Å². The Balaban J connectivity index is 1.88. The maximum atomic E-state index is 14.7. The van der Waals surface area contributed by atoms with E-state index in [1.165, 1.54) is 17.0 Å². The molecule has 94 heavy (non-hydrogen) atoms. The monoisotopic (exact) mass is 1350 g/mol. The van der Waals surface area contributed by atoms with Gasteiger partial charge in [-0.15, -0.1) is 0 Å². The highest BCUT2D eigenvalue weighted by molar-refractivity contribution is 7.81. The lowest BCUT2D eigenvalue weighted by Crippen LogP contribution is -2.61. The number of guanidine groups is 3. The summed E-state index contributed by atoms with van der Waals surface area (Å²) in [6.07, 6.45) is 0.995. The van der Waals surface area contributed by atoms with Crippen LogP contribution in [0, 0.1) is 5.92 Å². The van der Waals surface area contributed by atoms with Crippen molar-refractivity contribution in [3.63, 3.8) is 0 Å². The first kappa shape index (κ1) is 79.1. The van der Waals surface area contributed by atoms with Crippen LogP contribution in [-0.4, -0.2) is 197 Å². The fourth-order valence-corrected chi connectivity index (χ4v) is 10.1. The lowest BCUT2D eigenvalue weighted by atomic mass is 9.96. The van der Waals surface area contributed by atoms with Crippen LogP contribution < -0.4 is 93.7 Å². The summed E-state index contributed by atoms with van der Waals surface area (Å²) in [5.41, 5.74) is 46.3. The summed E-state index contributed by atoms with van der Waals surface area (Å²) in [5.74, 6) is -10.4. The van der Waals surface area contributed by atoms with Crippen LogP contribution >= 0.6 is 25.3 Å². The summed E-state index contributed by atoms with van der Waals surface area (Å²) in [6.45, 7) is 5.59. The fraction of sp³-hybridized carbons (Fsp3) is 0.559. The van der Waals surface area contributed by atoms with E-state index in [1.54, 1.807) is 70.2 Å². The van der Waals surface area contributed by atoms with Crippen molar-refractivity contribution in [3.8, 4) is 5.75 Å². The predicted molar refractivity (Wildman–Crippen MR) is 360 cm³/mol. The van der Waals surface area contributed by atoms with E-state index in [1.807, 2.05) is 0 Å². The molecule has 0 spiro atoms.